The Balaban J connectivity index is 2.39. The van der Waals surface area contributed by atoms with Gasteiger partial charge in [0.25, 0.3) is 0 Å². The van der Waals surface area contributed by atoms with Crippen molar-refractivity contribution in [1.82, 2.24) is 9.55 Å². The summed E-state index contributed by atoms with van der Waals surface area (Å²) < 4.78 is 1.72. The number of hydrogen-bond donors (Lipinski definition) is 0. The number of rotatable bonds is 2. The molecular formula is C9H8N2OS. The lowest BCUT2D eigenvalue weighted by Crippen LogP contribution is -2.04. The van der Waals surface area contributed by atoms with Crippen LogP contribution < -0.4 is 0 Å². The molecule has 0 bridgehead atoms. The second-order valence-electron chi connectivity index (χ2n) is 2.70. The number of carbonyl (C=O) groups is 1. The maximum Gasteiger partial charge on any atom is 0.220 e. The molecule has 3 nitrogen and oxygen atoms in total. The highest BCUT2D eigenvalue weighted by Gasteiger charge is 2.12. The van der Waals surface area contributed by atoms with Crippen molar-refractivity contribution in [3.63, 3.8) is 0 Å². The average Bonchev–Trinajstić information content (AvgIpc) is 2.72. The molecule has 0 amide bonds. The Morgan fingerprint density at radius 3 is 3.00 bits per heavy atom. The molecule has 0 spiro atoms. The van der Waals surface area contributed by atoms with Gasteiger partial charge in [0.2, 0.25) is 5.78 Å². The first-order valence-electron chi connectivity index (χ1n) is 3.83. The molecule has 2 heterocycles. The lowest BCUT2D eigenvalue weighted by molar-refractivity contribution is 0.103. The number of carbonyl (C=O) groups excluding carboxylic acids is 1. The van der Waals surface area contributed by atoms with Gasteiger partial charge in [-0.25, -0.2) is 4.98 Å². The Morgan fingerprint density at radius 1 is 1.62 bits per heavy atom. The summed E-state index contributed by atoms with van der Waals surface area (Å²) in [6.45, 7) is 0. The van der Waals surface area contributed by atoms with Crippen LogP contribution in [0.25, 0.3) is 0 Å². The first-order valence-corrected chi connectivity index (χ1v) is 4.71. The van der Waals surface area contributed by atoms with Gasteiger partial charge in [0.1, 0.15) is 5.69 Å². The van der Waals surface area contributed by atoms with Crippen molar-refractivity contribution in [3.8, 4) is 0 Å². The zero-order valence-corrected chi connectivity index (χ0v) is 7.91. The number of ketones is 1. The van der Waals surface area contributed by atoms with Gasteiger partial charge in [0, 0.05) is 7.05 Å². The number of aryl methyl sites for hydroxylation is 1. The predicted molar refractivity (Wildman–Crippen MR) is 51.0 cm³/mol. The number of aromatic nitrogens is 2. The van der Waals surface area contributed by atoms with Gasteiger partial charge in [-0.1, -0.05) is 6.07 Å². The van der Waals surface area contributed by atoms with Crippen LogP contribution in [0.2, 0.25) is 0 Å². The summed E-state index contributed by atoms with van der Waals surface area (Å²) in [7, 11) is 1.81. The molecule has 0 radical (unpaired) electrons. The van der Waals surface area contributed by atoms with Crippen LogP contribution in [0, 0.1) is 0 Å². The minimum absolute atomic E-state index is 0.0370. The lowest BCUT2D eigenvalue weighted by atomic mass is 10.2. The molecule has 2 aromatic heterocycles. The average molecular weight is 192 g/mol. The largest absolute Gasteiger partial charge is 0.331 e. The molecule has 0 unspecified atom stereocenters. The van der Waals surface area contributed by atoms with Crippen molar-refractivity contribution >= 4 is 17.1 Å². The fraction of sp³-hybridized carbons (Fsp3) is 0.111. The third-order valence-corrected chi connectivity index (χ3v) is 2.66. The summed E-state index contributed by atoms with van der Waals surface area (Å²) in [5.41, 5.74) is 0.627. The Hall–Kier alpha value is -1.42. The molecule has 0 atom stereocenters. The quantitative estimate of drug-likeness (QED) is 0.679. The topological polar surface area (TPSA) is 34.9 Å². The van der Waals surface area contributed by atoms with E-state index in [0.29, 0.717) is 5.69 Å². The zero-order valence-electron chi connectivity index (χ0n) is 7.10. The summed E-state index contributed by atoms with van der Waals surface area (Å²) in [4.78, 5) is 16.4. The molecule has 4 heteroatoms. The molecule has 66 valence electrons. The molecule has 2 aromatic rings. The minimum Gasteiger partial charge on any atom is -0.331 e. The lowest BCUT2D eigenvalue weighted by Gasteiger charge is -1.97. The van der Waals surface area contributed by atoms with Crippen molar-refractivity contribution in [2.24, 2.45) is 7.05 Å². The van der Waals surface area contributed by atoms with Crippen LogP contribution in [-0.4, -0.2) is 15.3 Å². The van der Waals surface area contributed by atoms with Crippen LogP contribution in [0.5, 0.6) is 0 Å². The number of imidazole rings is 1. The summed E-state index contributed by atoms with van der Waals surface area (Å²) >= 11 is 1.45. The smallest absolute Gasteiger partial charge is 0.220 e. The summed E-state index contributed by atoms with van der Waals surface area (Å²) in [5.74, 6) is 0.0370. The van der Waals surface area contributed by atoms with Gasteiger partial charge < -0.3 is 4.57 Å². The molecule has 0 fully saturated rings. The predicted octanol–water partition coefficient (Wildman–Crippen LogP) is 1.71. The fourth-order valence-corrected chi connectivity index (χ4v) is 1.78. The van der Waals surface area contributed by atoms with E-state index in [4.69, 9.17) is 0 Å². The van der Waals surface area contributed by atoms with Crippen molar-refractivity contribution in [1.29, 1.82) is 0 Å². The van der Waals surface area contributed by atoms with E-state index in [-0.39, 0.29) is 5.78 Å². The summed E-state index contributed by atoms with van der Waals surface area (Å²) in [6.07, 6.45) is 3.21. The third kappa shape index (κ3) is 1.40. The Bertz CT molecular complexity index is 417. The van der Waals surface area contributed by atoms with E-state index in [9.17, 15) is 4.79 Å². The number of hydrogen-bond acceptors (Lipinski definition) is 3. The highest BCUT2D eigenvalue weighted by atomic mass is 32.1. The van der Waals surface area contributed by atoms with E-state index in [2.05, 4.69) is 4.98 Å². The molecule has 0 aliphatic rings. The monoisotopic (exact) mass is 192 g/mol. The van der Waals surface area contributed by atoms with Crippen molar-refractivity contribution in [3.05, 3.63) is 40.6 Å². The van der Waals surface area contributed by atoms with Gasteiger partial charge in [-0.05, 0) is 11.4 Å². The summed E-state index contributed by atoms with van der Waals surface area (Å²) in [6, 6.07) is 3.69. The van der Waals surface area contributed by atoms with Gasteiger partial charge in [0.15, 0.2) is 0 Å². The van der Waals surface area contributed by atoms with E-state index in [0.717, 1.165) is 4.88 Å². The van der Waals surface area contributed by atoms with Gasteiger partial charge in [0.05, 0.1) is 17.4 Å². The highest BCUT2D eigenvalue weighted by Crippen LogP contribution is 2.13. The second-order valence-corrected chi connectivity index (χ2v) is 3.64. The van der Waals surface area contributed by atoms with Crippen LogP contribution in [0.4, 0.5) is 0 Å². The molecule has 0 aromatic carbocycles. The first-order chi connectivity index (χ1) is 6.29. The van der Waals surface area contributed by atoms with Crippen molar-refractivity contribution in [2.75, 3.05) is 0 Å². The summed E-state index contributed by atoms with van der Waals surface area (Å²) in [5, 5.41) is 1.89. The van der Waals surface area contributed by atoms with Gasteiger partial charge in [-0.3, -0.25) is 4.79 Å². The SMILES string of the molecule is Cn1cncc1C(=O)c1cccs1. The zero-order chi connectivity index (χ0) is 9.26. The van der Waals surface area contributed by atoms with E-state index < -0.39 is 0 Å². The minimum atomic E-state index is 0.0370. The number of nitrogens with zero attached hydrogens (tertiary/aromatic N) is 2. The Morgan fingerprint density at radius 2 is 2.46 bits per heavy atom. The molecular weight excluding hydrogens is 184 g/mol. The maximum absolute atomic E-state index is 11.7. The molecule has 2 rings (SSSR count). The molecule has 0 aliphatic carbocycles. The number of thiophene rings is 1. The molecule has 0 saturated carbocycles. The molecule has 0 aliphatic heterocycles. The standard InChI is InChI=1S/C9H8N2OS/c1-11-6-10-5-7(11)9(12)8-3-2-4-13-8/h2-6H,1H3. The van der Waals surface area contributed by atoms with Gasteiger partial charge >= 0.3 is 0 Å². The van der Waals surface area contributed by atoms with E-state index >= 15 is 0 Å². The van der Waals surface area contributed by atoms with Crippen molar-refractivity contribution in [2.45, 2.75) is 0 Å². The Kier molecular flexibility index (Phi) is 1.98. The molecule has 0 saturated heterocycles. The van der Waals surface area contributed by atoms with Crippen LogP contribution >= 0.6 is 11.3 Å². The molecule has 13 heavy (non-hydrogen) atoms. The fourth-order valence-electron chi connectivity index (χ4n) is 1.11. The second kappa shape index (κ2) is 3.14. The molecule has 0 N–H and O–H groups in total. The normalized spacial score (nSPS) is 10.2. The maximum atomic E-state index is 11.7. The Labute approximate surface area is 79.7 Å². The third-order valence-electron chi connectivity index (χ3n) is 1.79. The highest BCUT2D eigenvalue weighted by molar-refractivity contribution is 7.12. The first kappa shape index (κ1) is 8.19. The van der Waals surface area contributed by atoms with Crippen molar-refractivity contribution < 1.29 is 4.79 Å². The van der Waals surface area contributed by atoms with Crippen LogP contribution in [0.15, 0.2) is 30.0 Å². The van der Waals surface area contributed by atoms with Crippen LogP contribution in [-0.2, 0) is 7.05 Å². The van der Waals surface area contributed by atoms with E-state index in [1.54, 1.807) is 17.1 Å². The van der Waals surface area contributed by atoms with Gasteiger partial charge in [-0.15, -0.1) is 11.3 Å². The van der Waals surface area contributed by atoms with E-state index in [1.165, 1.54) is 11.3 Å². The van der Waals surface area contributed by atoms with Crippen LogP contribution in [0.3, 0.4) is 0 Å². The van der Waals surface area contributed by atoms with Gasteiger partial charge in [-0.2, -0.15) is 0 Å². The van der Waals surface area contributed by atoms with Crippen LogP contribution in [0.1, 0.15) is 15.4 Å². The van der Waals surface area contributed by atoms with E-state index in [1.807, 2.05) is 24.6 Å².